The van der Waals surface area contributed by atoms with Gasteiger partial charge in [0.2, 0.25) is 5.91 Å². The van der Waals surface area contributed by atoms with Crippen molar-refractivity contribution in [2.75, 3.05) is 13.7 Å². The van der Waals surface area contributed by atoms with Crippen molar-refractivity contribution >= 4 is 18.3 Å². The van der Waals surface area contributed by atoms with Crippen molar-refractivity contribution in [1.82, 2.24) is 25.6 Å². The van der Waals surface area contributed by atoms with Crippen molar-refractivity contribution in [2.24, 2.45) is 0 Å². The van der Waals surface area contributed by atoms with E-state index >= 15 is 0 Å². The summed E-state index contributed by atoms with van der Waals surface area (Å²) < 4.78 is 13.7. The molecule has 4 N–H and O–H groups in total. The van der Waals surface area contributed by atoms with Gasteiger partial charge in [-0.25, -0.2) is 9.37 Å². The summed E-state index contributed by atoms with van der Waals surface area (Å²) in [5.41, 5.74) is 2.45. The van der Waals surface area contributed by atoms with Crippen LogP contribution in [0.2, 0.25) is 0 Å². The van der Waals surface area contributed by atoms with Gasteiger partial charge in [-0.3, -0.25) is 9.78 Å². The number of H-pyrrole nitrogens is 1. The molecule has 148 valence electrons. The Morgan fingerprint density at radius 1 is 1.29 bits per heavy atom. The number of pyridine rings is 1. The Hall–Kier alpha value is -2.81. The maximum atomic E-state index is 13.7. The molecule has 2 heterocycles. The Morgan fingerprint density at radius 3 is 2.75 bits per heavy atom. The number of aromatic amines is 1. The summed E-state index contributed by atoms with van der Waals surface area (Å²) in [6.07, 6.45) is 1.66. The lowest BCUT2D eigenvalue weighted by atomic mass is 10.1. The Kier molecular flexibility index (Phi) is 7.62. The summed E-state index contributed by atoms with van der Waals surface area (Å²) in [5, 5.41) is 14.6. The molecule has 9 heteroatoms. The van der Waals surface area contributed by atoms with Crippen molar-refractivity contribution in [1.29, 1.82) is 0 Å². The smallest absolute Gasteiger partial charge is 0.239 e. The monoisotopic (exact) mass is 405 g/mol. The lowest BCUT2D eigenvalue weighted by Gasteiger charge is -2.12. The number of aliphatic hydroxyl groups excluding tert-OH is 1. The SMILES string of the molecule is CN[C@@H](CO)C(=O)NCc1nc(-c2cccc(F)c2)c(-c2ccccn2)[nH]1.Cl. The van der Waals surface area contributed by atoms with Crippen LogP contribution >= 0.6 is 12.4 Å². The summed E-state index contributed by atoms with van der Waals surface area (Å²) in [7, 11) is 1.59. The van der Waals surface area contributed by atoms with Gasteiger partial charge in [0.25, 0.3) is 0 Å². The van der Waals surface area contributed by atoms with Crippen LogP contribution in [0.5, 0.6) is 0 Å². The maximum Gasteiger partial charge on any atom is 0.239 e. The molecule has 28 heavy (non-hydrogen) atoms. The van der Waals surface area contributed by atoms with Crippen molar-refractivity contribution < 1.29 is 14.3 Å². The van der Waals surface area contributed by atoms with E-state index in [2.05, 4.69) is 25.6 Å². The third-order valence-electron chi connectivity index (χ3n) is 4.05. The fourth-order valence-corrected chi connectivity index (χ4v) is 2.65. The molecule has 1 amide bonds. The van der Waals surface area contributed by atoms with Gasteiger partial charge in [-0.05, 0) is 31.3 Å². The van der Waals surface area contributed by atoms with Gasteiger partial charge in [0.1, 0.15) is 17.7 Å². The number of nitrogens with one attached hydrogen (secondary N) is 3. The van der Waals surface area contributed by atoms with Gasteiger partial charge in [-0.15, -0.1) is 12.4 Å². The zero-order valence-electron chi connectivity index (χ0n) is 15.1. The van der Waals surface area contributed by atoms with Crippen molar-refractivity contribution in [3.8, 4) is 22.6 Å². The number of amides is 1. The fourth-order valence-electron chi connectivity index (χ4n) is 2.65. The highest BCUT2D eigenvalue weighted by Gasteiger charge is 2.18. The van der Waals surface area contributed by atoms with Crippen LogP contribution in [-0.4, -0.2) is 45.7 Å². The number of imidazole rings is 1. The van der Waals surface area contributed by atoms with Gasteiger partial charge in [-0.2, -0.15) is 0 Å². The highest BCUT2D eigenvalue weighted by Crippen LogP contribution is 2.29. The van der Waals surface area contributed by atoms with Crippen LogP contribution < -0.4 is 10.6 Å². The van der Waals surface area contributed by atoms with Gasteiger partial charge in [-0.1, -0.05) is 18.2 Å². The number of aliphatic hydroxyl groups is 1. The molecule has 0 bridgehead atoms. The number of aromatic nitrogens is 3. The van der Waals surface area contributed by atoms with Crippen LogP contribution in [0, 0.1) is 5.82 Å². The quantitative estimate of drug-likeness (QED) is 0.480. The average molecular weight is 406 g/mol. The van der Waals surface area contributed by atoms with E-state index in [1.807, 2.05) is 12.1 Å². The third kappa shape index (κ3) is 4.92. The Bertz CT molecular complexity index is 916. The predicted octanol–water partition coefficient (Wildman–Crippen LogP) is 1.90. The molecule has 7 nitrogen and oxygen atoms in total. The van der Waals surface area contributed by atoms with Gasteiger partial charge in [0.15, 0.2) is 0 Å². The van der Waals surface area contributed by atoms with Crippen molar-refractivity contribution in [3.63, 3.8) is 0 Å². The predicted molar refractivity (Wildman–Crippen MR) is 106 cm³/mol. The maximum absolute atomic E-state index is 13.7. The number of hydrogen-bond donors (Lipinski definition) is 4. The molecular weight excluding hydrogens is 385 g/mol. The molecule has 1 atom stereocenters. The normalized spacial score (nSPS) is 11.5. The average Bonchev–Trinajstić information content (AvgIpc) is 3.12. The van der Waals surface area contributed by atoms with E-state index in [0.717, 1.165) is 0 Å². The molecule has 3 rings (SSSR count). The van der Waals surface area contributed by atoms with Crippen molar-refractivity contribution in [2.45, 2.75) is 12.6 Å². The number of benzene rings is 1. The summed E-state index contributed by atoms with van der Waals surface area (Å²) in [4.78, 5) is 24.0. The Balaban J connectivity index is 0.00000280. The topological polar surface area (TPSA) is 103 Å². The molecular formula is C19H21ClFN5O2. The second kappa shape index (κ2) is 9.93. The number of hydrogen-bond acceptors (Lipinski definition) is 5. The molecule has 0 aliphatic rings. The van der Waals surface area contributed by atoms with Crippen LogP contribution in [-0.2, 0) is 11.3 Å². The molecule has 0 fully saturated rings. The first-order valence-electron chi connectivity index (χ1n) is 8.44. The molecule has 2 aromatic heterocycles. The van der Waals surface area contributed by atoms with Gasteiger partial charge >= 0.3 is 0 Å². The molecule has 0 aliphatic heterocycles. The summed E-state index contributed by atoms with van der Waals surface area (Å²) in [6.45, 7) is -0.180. The fraction of sp³-hybridized carbons (Fsp3) is 0.211. The van der Waals surface area contributed by atoms with Gasteiger partial charge in [0.05, 0.1) is 30.2 Å². The lowest BCUT2D eigenvalue weighted by molar-refractivity contribution is -0.124. The zero-order chi connectivity index (χ0) is 19.2. The second-order valence-corrected chi connectivity index (χ2v) is 5.87. The summed E-state index contributed by atoms with van der Waals surface area (Å²) in [5.74, 6) is -0.212. The first-order chi connectivity index (χ1) is 13.1. The number of halogens is 2. The molecule has 0 unspecified atom stereocenters. The van der Waals surface area contributed by atoms with Crippen LogP contribution in [0.3, 0.4) is 0 Å². The Labute approximate surface area is 167 Å². The van der Waals surface area contributed by atoms with Crippen LogP contribution in [0.1, 0.15) is 5.82 Å². The van der Waals surface area contributed by atoms with E-state index in [-0.39, 0.29) is 37.3 Å². The lowest BCUT2D eigenvalue weighted by Crippen LogP contribution is -2.44. The standard InChI is InChI=1S/C19H20FN5O2.ClH/c1-21-15(11-26)19(27)23-10-16-24-17(12-5-4-6-13(20)9-12)18(25-16)14-7-2-3-8-22-14;/h2-9,15,21,26H,10-11H2,1H3,(H,23,27)(H,24,25);1H/t15-;/m0./s1. The number of carbonyl (C=O) groups excluding carboxylic acids is 1. The molecule has 0 aliphatic carbocycles. The van der Waals surface area contributed by atoms with E-state index in [4.69, 9.17) is 0 Å². The minimum Gasteiger partial charge on any atom is -0.394 e. The first kappa shape index (κ1) is 21.5. The van der Waals surface area contributed by atoms with Gasteiger partial charge < -0.3 is 20.7 Å². The van der Waals surface area contributed by atoms with E-state index in [9.17, 15) is 14.3 Å². The molecule has 1 aromatic carbocycles. The van der Waals surface area contributed by atoms with Crippen molar-refractivity contribution in [3.05, 3.63) is 60.3 Å². The van der Waals surface area contributed by atoms with E-state index in [1.165, 1.54) is 12.1 Å². The largest absolute Gasteiger partial charge is 0.394 e. The zero-order valence-corrected chi connectivity index (χ0v) is 16.0. The van der Waals surface area contributed by atoms with Crippen LogP contribution in [0.25, 0.3) is 22.6 Å². The Morgan fingerprint density at radius 2 is 2.11 bits per heavy atom. The van der Waals surface area contributed by atoms with E-state index in [1.54, 1.807) is 31.4 Å². The number of rotatable bonds is 7. The molecule has 0 spiro atoms. The number of carbonyl (C=O) groups is 1. The second-order valence-electron chi connectivity index (χ2n) is 5.87. The number of nitrogens with zero attached hydrogens (tertiary/aromatic N) is 2. The molecule has 3 aromatic rings. The van der Waals surface area contributed by atoms with Crippen LogP contribution in [0.15, 0.2) is 48.7 Å². The first-order valence-corrected chi connectivity index (χ1v) is 8.44. The number of likely N-dealkylation sites (N-methyl/N-ethyl adjacent to an activating group) is 1. The molecule has 0 saturated heterocycles. The molecule has 0 saturated carbocycles. The minimum atomic E-state index is -0.696. The van der Waals surface area contributed by atoms with Crippen LogP contribution in [0.4, 0.5) is 4.39 Å². The van der Waals surface area contributed by atoms with Gasteiger partial charge in [0, 0.05) is 11.8 Å². The molecule has 0 radical (unpaired) electrons. The minimum absolute atomic E-state index is 0. The third-order valence-corrected chi connectivity index (χ3v) is 4.05. The van der Waals surface area contributed by atoms with E-state index < -0.39 is 6.04 Å². The summed E-state index contributed by atoms with van der Waals surface area (Å²) >= 11 is 0. The summed E-state index contributed by atoms with van der Waals surface area (Å²) in [6, 6.07) is 10.9. The highest BCUT2D eigenvalue weighted by atomic mass is 35.5. The van der Waals surface area contributed by atoms with E-state index in [0.29, 0.717) is 28.5 Å². The highest BCUT2D eigenvalue weighted by molar-refractivity contribution is 5.85.